The lowest BCUT2D eigenvalue weighted by Gasteiger charge is -2.22. The van der Waals surface area contributed by atoms with Crippen molar-refractivity contribution >= 4 is 0 Å². The van der Waals surface area contributed by atoms with E-state index >= 15 is 0 Å². The van der Waals surface area contributed by atoms with Gasteiger partial charge in [-0.25, -0.2) is 0 Å². The molecule has 106 valence electrons. The molecule has 0 aliphatic carbocycles. The summed E-state index contributed by atoms with van der Waals surface area (Å²) in [7, 11) is 5.34. The van der Waals surface area contributed by atoms with Crippen molar-refractivity contribution in [3.8, 4) is 11.5 Å². The predicted molar refractivity (Wildman–Crippen MR) is 81.6 cm³/mol. The van der Waals surface area contributed by atoms with Crippen LogP contribution in [0.1, 0.15) is 22.7 Å². The summed E-state index contributed by atoms with van der Waals surface area (Å²) in [5.41, 5.74) is 3.54. The van der Waals surface area contributed by atoms with E-state index < -0.39 is 0 Å². The molecule has 0 amide bonds. The molecule has 3 heteroatoms. The molecule has 2 rings (SSSR count). The molecule has 0 saturated carbocycles. The minimum Gasteiger partial charge on any atom is -0.497 e. The van der Waals surface area contributed by atoms with Gasteiger partial charge in [-0.3, -0.25) is 0 Å². The topological polar surface area (TPSA) is 30.5 Å². The van der Waals surface area contributed by atoms with Crippen LogP contribution in [0.4, 0.5) is 0 Å². The first kappa shape index (κ1) is 14.4. The van der Waals surface area contributed by atoms with E-state index in [1.807, 2.05) is 31.3 Å². The van der Waals surface area contributed by atoms with Gasteiger partial charge in [-0.15, -0.1) is 0 Å². The zero-order chi connectivity index (χ0) is 14.5. The maximum atomic E-state index is 5.47. The molecule has 0 aliphatic heterocycles. The molecule has 0 bridgehead atoms. The van der Waals surface area contributed by atoms with Crippen LogP contribution in [0.2, 0.25) is 0 Å². The molecular weight excluding hydrogens is 250 g/mol. The first-order valence-corrected chi connectivity index (χ1v) is 6.66. The highest BCUT2D eigenvalue weighted by molar-refractivity contribution is 5.45. The van der Waals surface area contributed by atoms with Crippen molar-refractivity contribution in [2.24, 2.45) is 0 Å². The van der Waals surface area contributed by atoms with Crippen LogP contribution >= 0.6 is 0 Å². The highest BCUT2D eigenvalue weighted by Gasteiger charge is 2.18. The number of aryl methyl sites for hydroxylation is 1. The van der Waals surface area contributed by atoms with Gasteiger partial charge in [0, 0.05) is 5.56 Å². The quantitative estimate of drug-likeness (QED) is 0.905. The van der Waals surface area contributed by atoms with Crippen molar-refractivity contribution < 1.29 is 9.47 Å². The van der Waals surface area contributed by atoms with E-state index in [-0.39, 0.29) is 6.04 Å². The van der Waals surface area contributed by atoms with E-state index in [9.17, 15) is 0 Å². The Kier molecular flexibility index (Phi) is 4.64. The molecule has 0 saturated heterocycles. The van der Waals surface area contributed by atoms with Gasteiger partial charge in [0.25, 0.3) is 0 Å². The Hall–Kier alpha value is -2.00. The lowest BCUT2D eigenvalue weighted by atomic mass is 9.94. The molecule has 2 aromatic carbocycles. The van der Waals surface area contributed by atoms with Crippen molar-refractivity contribution in [3.63, 3.8) is 0 Å². The highest BCUT2D eigenvalue weighted by Crippen LogP contribution is 2.32. The van der Waals surface area contributed by atoms with Crippen molar-refractivity contribution in [1.29, 1.82) is 0 Å². The average Bonchev–Trinajstić information content (AvgIpc) is 2.50. The maximum absolute atomic E-state index is 5.47. The van der Waals surface area contributed by atoms with Crippen LogP contribution in [0.25, 0.3) is 0 Å². The van der Waals surface area contributed by atoms with Crippen LogP contribution in [0.5, 0.6) is 11.5 Å². The molecule has 1 unspecified atom stereocenters. The summed E-state index contributed by atoms with van der Waals surface area (Å²) >= 11 is 0. The van der Waals surface area contributed by atoms with Gasteiger partial charge in [0.2, 0.25) is 0 Å². The van der Waals surface area contributed by atoms with E-state index in [0.29, 0.717) is 0 Å². The SMILES string of the molecule is CNC(c1ccc(OC)cc1C)c1ccccc1OC. The maximum Gasteiger partial charge on any atom is 0.123 e. The van der Waals surface area contributed by atoms with Crippen molar-refractivity contribution in [1.82, 2.24) is 5.32 Å². The Morgan fingerprint density at radius 1 is 0.950 bits per heavy atom. The lowest BCUT2D eigenvalue weighted by molar-refractivity contribution is 0.405. The average molecular weight is 271 g/mol. The van der Waals surface area contributed by atoms with Gasteiger partial charge in [-0.1, -0.05) is 24.3 Å². The first-order chi connectivity index (χ1) is 9.71. The summed E-state index contributed by atoms with van der Waals surface area (Å²) in [5.74, 6) is 1.77. The zero-order valence-electron chi connectivity index (χ0n) is 12.4. The highest BCUT2D eigenvalue weighted by atomic mass is 16.5. The largest absolute Gasteiger partial charge is 0.497 e. The van der Waals surface area contributed by atoms with Gasteiger partial charge in [0.15, 0.2) is 0 Å². The van der Waals surface area contributed by atoms with E-state index in [1.165, 1.54) is 11.1 Å². The molecule has 20 heavy (non-hydrogen) atoms. The Balaban J connectivity index is 2.47. The van der Waals surface area contributed by atoms with Crippen LogP contribution in [0.15, 0.2) is 42.5 Å². The van der Waals surface area contributed by atoms with E-state index in [1.54, 1.807) is 14.2 Å². The predicted octanol–water partition coefficient (Wildman–Crippen LogP) is 3.32. The van der Waals surface area contributed by atoms with Gasteiger partial charge < -0.3 is 14.8 Å². The fourth-order valence-electron chi connectivity index (χ4n) is 2.48. The van der Waals surface area contributed by atoms with Gasteiger partial charge in [-0.2, -0.15) is 0 Å². The summed E-state index contributed by atoms with van der Waals surface area (Å²) in [6.07, 6.45) is 0. The summed E-state index contributed by atoms with van der Waals surface area (Å²) in [4.78, 5) is 0. The van der Waals surface area contributed by atoms with Crippen LogP contribution in [-0.4, -0.2) is 21.3 Å². The monoisotopic (exact) mass is 271 g/mol. The molecule has 2 aromatic rings. The second-order valence-corrected chi connectivity index (χ2v) is 4.69. The lowest BCUT2D eigenvalue weighted by Crippen LogP contribution is -2.19. The number of hydrogen-bond donors (Lipinski definition) is 1. The molecule has 0 aromatic heterocycles. The van der Waals surface area contributed by atoms with E-state index in [0.717, 1.165) is 17.1 Å². The number of methoxy groups -OCH3 is 2. The summed E-state index contributed by atoms with van der Waals surface area (Å²) < 4.78 is 10.7. The van der Waals surface area contributed by atoms with E-state index in [4.69, 9.17) is 9.47 Å². The number of hydrogen-bond acceptors (Lipinski definition) is 3. The molecule has 0 fully saturated rings. The molecule has 0 radical (unpaired) electrons. The Labute approximate surface area is 120 Å². The number of ether oxygens (including phenoxy) is 2. The van der Waals surface area contributed by atoms with Crippen LogP contribution in [0.3, 0.4) is 0 Å². The fraction of sp³-hybridized carbons (Fsp3) is 0.294. The van der Waals surface area contributed by atoms with Crippen LogP contribution < -0.4 is 14.8 Å². The second kappa shape index (κ2) is 6.44. The normalized spacial score (nSPS) is 12.0. The molecule has 1 atom stereocenters. The third kappa shape index (κ3) is 2.78. The molecule has 1 N–H and O–H groups in total. The Bertz CT molecular complexity index is 581. The van der Waals surface area contributed by atoms with Crippen molar-refractivity contribution in [3.05, 3.63) is 59.2 Å². The van der Waals surface area contributed by atoms with Crippen molar-refractivity contribution in [2.75, 3.05) is 21.3 Å². The summed E-state index contributed by atoms with van der Waals surface area (Å²) in [6, 6.07) is 14.3. The number of nitrogens with one attached hydrogen (secondary N) is 1. The third-order valence-electron chi connectivity index (χ3n) is 3.53. The fourth-order valence-corrected chi connectivity index (χ4v) is 2.48. The first-order valence-electron chi connectivity index (χ1n) is 6.66. The molecular formula is C17H21NO2. The van der Waals surface area contributed by atoms with Gasteiger partial charge in [0.05, 0.1) is 20.3 Å². The molecule has 0 spiro atoms. The number of rotatable bonds is 5. The minimum absolute atomic E-state index is 0.0945. The minimum atomic E-state index is 0.0945. The van der Waals surface area contributed by atoms with E-state index in [2.05, 4.69) is 30.4 Å². The standard InChI is InChI=1S/C17H21NO2/c1-12-11-13(19-3)9-10-14(12)17(18-2)15-7-5-6-8-16(15)20-4/h5-11,17-18H,1-4H3. The summed E-state index contributed by atoms with van der Waals surface area (Å²) in [6.45, 7) is 2.09. The smallest absolute Gasteiger partial charge is 0.123 e. The van der Waals surface area contributed by atoms with Gasteiger partial charge in [-0.05, 0) is 43.3 Å². The number of benzene rings is 2. The van der Waals surface area contributed by atoms with Crippen LogP contribution in [0, 0.1) is 6.92 Å². The Morgan fingerprint density at radius 3 is 2.30 bits per heavy atom. The molecule has 3 nitrogen and oxygen atoms in total. The molecule has 0 heterocycles. The third-order valence-corrected chi connectivity index (χ3v) is 3.53. The zero-order valence-corrected chi connectivity index (χ0v) is 12.4. The van der Waals surface area contributed by atoms with Crippen molar-refractivity contribution in [2.45, 2.75) is 13.0 Å². The second-order valence-electron chi connectivity index (χ2n) is 4.69. The Morgan fingerprint density at radius 2 is 1.70 bits per heavy atom. The summed E-state index contributed by atoms with van der Waals surface area (Å²) in [5, 5.41) is 3.37. The van der Waals surface area contributed by atoms with Crippen LogP contribution in [-0.2, 0) is 0 Å². The molecule has 0 aliphatic rings. The number of para-hydroxylation sites is 1. The van der Waals surface area contributed by atoms with Gasteiger partial charge in [0.1, 0.15) is 11.5 Å². The van der Waals surface area contributed by atoms with Gasteiger partial charge >= 0.3 is 0 Å².